The molecule has 0 spiro atoms. The summed E-state index contributed by atoms with van der Waals surface area (Å²) in [6.45, 7) is 13.9. The molecule has 0 saturated carbocycles. The van der Waals surface area contributed by atoms with Crippen molar-refractivity contribution in [3.8, 4) is 11.3 Å². The monoisotopic (exact) mass is 452 g/mol. The second-order valence-corrected chi connectivity index (χ2v) is 8.77. The molecule has 1 aromatic heterocycles. The van der Waals surface area contributed by atoms with Crippen molar-refractivity contribution < 1.29 is 9.32 Å². The van der Waals surface area contributed by atoms with E-state index in [2.05, 4.69) is 42.5 Å². The summed E-state index contributed by atoms with van der Waals surface area (Å²) in [7, 11) is 0. The van der Waals surface area contributed by atoms with Gasteiger partial charge in [0.05, 0.1) is 11.2 Å². The molecule has 7 heteroatoms. The molecule has 6 nitrogen and oxygen atoms in total. The predicted molar refractivity (Wildman–Crippen MR) is 135 cm³/mol. The van der Waals surface area contributed by atoms with Gasteiger partial charge in [0, 0.05) is 17.4 Å². The van der Waals surface area contributed by atoms with Crippen LogP contribution in [0.3, 0.4) is 0 Å². The molecule has 2 heterocycles. The van der Waals surface area contributed by atoms with Gasteiger partial charge in [0.2, 0.25) is 0 Å². The van der Waals surface area contributed by atoms with E-state index < -0.39 is 0 Å². The van der Waals surface area contributed by atoms with Crippen LogP contribution in [-0.2, 0) is 0 Å². The van der Waals surface area contributed by atoms with Gasteiger partial charge in [-0.05, 0) is 39.7 Å². The summed E-state index contributed by atoms with van der Waals surface area (Å²) in [4.78, 5) is 17.5. The van der Waals surface area contributed by atoms with Gasteiger partial charge in [-0.1, -0.05) is 65.5 Å². The van der Waals surface area contributed by atoms with E-state index >= 15 is 0 Å². The maximum Gasteiger partial charge on any atom is 0.257 e. The molecule has 0 bridgehead atoms. The van der Waals surface area contributed by atoms with Gasteiger partial charge in [0.25, 0.3) is 5.91 Å². The van der Waals surface area contributed by atoms with Crippen molar-refractivity contribution in [3.05, 3.63) is 78.5 Å². The van der Waals surface area contributed by atoms with E-state index in [1.165, 1.54) is 0 Å². The normalized spacial score (nSPS) is 19.6. The molecule has 3 N–H and O–H groups in total. The fourth-order valence-corrected chi connectivity index (χ4v) is 4.24. The Balaban J connectivity index is 0.00000176. The fraction of sp³-hybridized carbons (Fsp3) is 0.320. The molecule has 2 unspecified atom stereocenters. The van der Waals surface area contributed by atoms with Crippen LogP contribution in [0.2, 0.25) is 0 Å². The Morgan fingerprint density at radius 3 is 2.69 bits per heavy atom. The number of nitrogens with one attached hydrogen (secondary N) is 1. The minimum absolute atomic E-state index is 0.164. The lowest BCUT2D eigenvalue weighted by Gasteiger charge is -2.30. The van der Waals surface area contributed by atoms with E-state index in [0.717, 1.165) is 23.3 Å². The highest BCUT2D eigenvalue weighted by atomic mass is 32.2. The van der Waals surface area contributed by atoms with E-state index in [4.69, 9.17) is 10.3 Å². The zero-order valence-corrected chi connectivity index (χ0v) is 20.0. The number of rotatable bonds is 6. The Morgan fingerprint density at radius 1 is 1.34 bits per heavy atom. The van der Waals surface area contributed by atoms with Crippen molar-refractivity contribution in [2.45, 2.75) is 45.7 Å². The molecule has 1 aromatic carbocycles. The number of amides is 1. The number of carbonyl (C=O) groups excluding carboxylic acids is 1. The lowest BCUT2D eigenvalue weighted by atomic mass is 9.90. The summed E-state index contributed by atoms with van der Waals surface area (Å²) in [6, 6.07) is 9.35. The van der Waals surface area contributed by atoms with Crippen molar-refractivity contribution >= 4 is 22.8 Å². The Bertz CT molecular complexity index is 1010. The molecule has 32 heavy (non-hydrogen) atoms. The minimum Gasteiger partial charge on any atom is -0.379 e. The number of nitrogens with zero attached hydrogens (tertiary/aromatic N) is 2. The van der Waals surface area contributed by atoms with Crippen molar-refractivity contribution in [2.24, 2.45) is 10.7 Å². The average Bonchev–Trinajstić information content (AvgIpc) is 3.17. The molecule has 2 aromatic rings. The standard InChI is InChI=1S/C23H28N4O2S.C2H4/c1-15(23(4)13-14-30-22(24)26-23)9-8-10-16(2)25-21(28)19-17(3)27-29-20(19)18-11-6-5-7-12-18;1-2/h5-12,16H,13-14H2,1-4H3,(H2,24,26)(H,25,28);1-2H2/b10-8-,15-9+;. The molecule has 0 aliphatic carbocycles. The number of aryl methyl sites for hydroxylation is 1. The topological polar surface area (TPSA) is 93.5 Å². The molecular formula is C25H32N4O2S. The second kappa shape index (κ2) is 11.5. The van der Waals surface area contributed by atoms with Gasteiger partial charge in [0.1, 0.15) is 5.56 Å². The molecule has 2 atom stereocenters. The quantitative estimate of drug-likeness (QED) is 0.459. The number of hydrogen-bond donors (Lipinski definition) is 2. The molecule has 0 fully saturated rings. The SMILES string of the molecule is C/C(=C\C=C/C(C)NC(=O)c1c(C)noc1-c1ccccc1)C1(C)CCSC(N)=N1.C=C. The fourth-order valence-electron chi connectivity index (χ4n) is 3.27. The summed E-state index contributed by atoms with van der Waals surface area (Å²) in [5.74, 6) is 1.24. The number of nitrogens with two attached hydrogens (primary N) is 1. The van der Waals surface area contributed by atoms with E-state index in [0.29, 0.717) is 22.2 Å². The van der Waals surface area contributed by atoms with E-state index in [9.17, 15) is 4.79 Å². The van der Waals surface area contributed by atoms with Gasteiger partial charge < -0.3 is 15.6 Å². The molecule has 1 aliphatic heterocycles. The van der Waals surface area contributed by atoms with Crippen molar-refractivity contribution in [1.29, 1.82) is 0 Å². The van der Waals surface area contributed by atoms with Crippen LogP contribution in [0.5, 0.6) is 0 Å². The Hall–Kier alpha value is -3.06. The van der Waals surface area contributed by atoms with Gasteiger partial charge >= 0.3 is 0 Å². The lowest BCUT2D eigenvalue weighted by Crippen LogP contribution is -2.32. The van der Waals surface area contributed by atoms with Gasteiger partial charge in [-0.25, -0.2) is 0 Å². The number of aromatic nitrogens is 1. The molecule has 1 amide bonds. The zero-order valence-electron chi connectivity index (χ0n) is 19.2. The number of thioether (sulfide) groups is 1. The Kier molecular flexibility index (Phi) is 9.08. The second-order valence-electron chi connectivity index (χ2n) is 7.66. The van der Waals surface area contributed by atoms with Crippen LogP contribution < -0.4 is 11.1 Å². The van der Waals surface area contributed by atoms with Crippen LogP contribution in [0.4, 0.5) is 0 Å². The van der Waals surface area contributed by atoms with E-state index in [-0.39, 0.29) is 17.5 Å². The first-order valence-corrected chi connectivity index (χ1v) is 11.4. The highest BCUT2D eigenvalue weighted by molar-refractivity contribution is 8.13. The van der Waals surface area contributed by atoms with Crippen molar-refractivity contribution in [1.82, 2.24) is 10.5 Å². The largest absolute Gasteiger partial charge is 0.379 e. The number of hydrogen-bond acceptors (Lipinski definition) is 6. The summed E-state index contributed by atoms with van der Waals surface area (Å²) in [5.41, 5.74) is 8.63. The predicted octanol–water partition coefficient (Wildman–Crippen LogP) is 5.28. The first kappa shape index (κ1) is 25.2. The third-order valence-electron chi connectivity index (χ3n) is 5.28. The van der Waals surface area contributed by atoms with Crippen molar-refractivity contribution in [3.63, 3.8) is 0 Å². The first-order valence-electron chi connectivity index (χ1n) is 10.5. The summed E-state index contributed by atoms with van der Waals surface area (Å²) >= 11 is 1.59. The number of allylic oxidation sites excluding steroid dienone is 2. The number of benzene rings is 1. The summed E-state index contributed by atoms with van der Waals surface area (Å²) < 4.78 is 5.42. The van der Waals surface area contributed by atoms with Crippen LogP contribution in [0, 0.1) is 6.92 Å². The number of carbonyl (C=O) groups is 1. The van der Waals surface area contributed by atoms with Crippen LogP contribution in [0.25, 0.3) is 11.3 Å². The van der Waals surface area contributed by atoms with Crippen molar-refractivity contribution in [2.75, 3.05) is 5.75 Å². The van der Waals surface area contributed by atoms with Crippen LogP contribution in [0.15, 0.2) is 76.8 Å². The van der Waals surface area contributed by atoms with E-state index in [1.54, 1.807) is 18.7 Å². The first-order chi connectivity index (χ1) is 15.3. The molecule has 1 aliphatic rings. The third kappa shape index (κ3) is 6.23. The Morgan fingerprint density at radius 2 is 2.03 bits per heavy atom. The molecular weight excluding hydrogens is 420 g/mol. The smallest absolute Gasteiger partial charge is 0.257 e. The van der Waals surface area contributed by atoms with Gasteiger partial charge in [-0.3, -0.25) is 9.79 Å². The summed E-state index contributed by atoms with van der Waals surface area (Å²) in [6.07, 6.45) is 6.89. The average molecular weight is 453 g/mol. The maximum atomic E-state index is 12.9. The Labute approximate surface area is 194 Å². The van der Waals surface area contributed by atoms with E-state index in [1.807, 2.05) is 55.5 Å². The highest BCUT2D eigenvalue weighted by Gasteiger charge is 2.28. The zero-order chi connectivity index (χ0) is 23.7. The molecule has 0 saturated heterocycles. The molecule has 3 rings (SSSR count). The lowest BCUT2D eigenvalue weighted by molar-refractivity contribution is 0.0946. The third-order valence-corrected chi connectivity index (χ3v) is 6.07. The summed E-state index contributed by atoms with van der Waals surface area (Å²) in [5, 5.41) is 7.62. The van der Waals surface area contributed by atoms with Crippen LogP contribution >= 0.6 is 11.8 Å². The van der Waals surface area contributed by atoms with Crippen LogP contribution in [-0.4, -0.2) is 33.6 Å². The molecule has 170 valence electrons. The van der Waals surface area contributed by atoms with Gasteiger partial charge in [-0.15, -0.1) is 13.2 Å². The number of amidine groups is 1. The van der Waals surface area contributed by atoms with Gasteiger partial charge in [-0.2, -0.15) is 0 Å². The van der Waals surface area contributed by atoms with Crippen LogP contribution in [0.1, 0.15) is 43.2 Å². The molecule has 0 radical (unpaired) electrons. The number of aliphatic imine (C=N–C) groups is 1. The minimum atomic E-state index is -0.268. The highest BCUT2D eigenvalue weighted by Crippen LogP contribution is 2.31. The van der Waals surface area contributed by atoms with Gasteiger partial charge in [0.15, 0.2) is 10.9 Å². The maximum absolute atomic E-state index is 12.9.